The average Bonchev–Trinajstić information content (AvgIpc) is 0.811. The molecule has 0 aliphatic carbocycles. The van der Waals surface area contributed by atoms with Crippen molar-refractivity contribution >= 4 is 74.5 Å². The Balaban J connectivity index is -0.0000000450. The van der Waals surface area contributed by atoms with Crippen LogP contribution in [0, 0.1) is 0 Å². The maximum absolute atomic E-state index is 8.56. The molecule has 0 aliphatic heterocycles. The summed E-state index contributed by atoms with van der Waals surface area (Å²) in [6.45, 7) is 0. The third-order valence-electron chi connectivity index (χ3n) is 0. The molecule has 0 aromatic rings. The number of carboxylic acid groups (broad SMARTS) is 2. The Kier molecular flexibility index (Phi) is 25.1. The Morgan fingerprint density at radius 2 is 1.33 bits per heavy atom. The second-order valence-corrected chi connectivity index (χ2v) is 0.283. The first-order valence-electron chi connectivity index (χ1n) is 0.651. The number of halogens is 1. The summed E-state index contributed by atoms with van der Waals surface area (Å²) in [6, 6.07) is 0. The van der Waals surface area contributed by atoms with E-state index in [1.54, 1.807) is 0 Å². The average molecular weight is 183 g/mol. The summed E-state index contributed by atoms with van der Waals surface area (Å²) in [5.41, 5.74) is 0. The topological polar surface area (TPSA) is 57.5 Å². The molecule has 0 spiro atoms. The van der Waals surface area contributed by atoms with Crippen LogP contribution in [0.4, 0.5) is 4.79 Å². The number of rotatable bonds is 0. The van der Waals surface area contributed by atoms with Gasteiger partial charge in [0, 0.05) is 0 Å². The summed E-state index contributed by atoms with van der Waals surface area (Å²) < 4.78 is 0. The third kappa shape index (κ3) is 53.9. The third-order valence-corrected chi connectivity index (χ3v) is 0. The van der Waals surface area contributed by atoms with Gasteiger partial charge in [-0.05, 0) is 0 Å². The van der Waals surface area contributed by atoms with E-state index in [1.807, 2.05) is 0 Å². The molecular formula is CH4BrKO3. The van der Waals surface area contributed by atoms with Crippen molar-refractivity contribution in [2.45, 2.75) is 0 Å². The summed E-state index contributed by atoms with van der Waals surface area (Å²) >= 11 is 0. The fraction of sp³-hybridized carbons (Fsp3) is 0. The summed E-state index contributed by atoms with van der Waals surface area (Å²) in [4.78, 5) is 8.56. The van der Waals surface area contributed by atoms with E-state index in [9.17, 15) is 0 Å². The van der Waals surface area contributed by atoms with Crippen molar-refractivity contribution in [2.24, 2.45) is 0 Å². The van der Waals surface area contributed by atoms with Gasteiger partial charge in [0.25, 0.3) is 0 Å². The van der Waals surface area contributed by atoms with Crippen LogP contribution in [0.5, 0.6) is 0 Å². The van der Waals surface area contributed by atoms with Gasteiger partial charge in [0.2, 0.25) is 0 Å². The molecular weight excluding hydrogens is 179 g/mol. The Morgan fingerprint density at radius 3 is 1.33 bits per heavy atom. The van der Waals surface area contributed by atoms with Crippen LogP contribution in [0.3, 0.4) is 0 Å². The van der Waals surface area contributed by atoms with Crippen molar-refractivity contribution in [3.63, 3.8) is 0 Å². The monoisotopic (exact) mass is 182 g/mol. The van der Waals surface area contributed by atoms with Crippen LogP contribution in [0.15, 0.2) is 0 Å². The first-order valence-corrected chi connectivity index (χ1v) is 0.651. The predicted molar refractivity (Wildman–Crippen MR) is 28.1 cm³/mol. The van der Waals surface area contributed by atoms with Gasteiger partial charge in [-0.25, -0.2) is 4.79 Å². The van der Waals surface area contributed by atoms with Crippen LogP contribution < -0.4 is 0 Å². The van der Waals surface area contributed by atoms with E-state index in [-0.39, 0.29) is 68.4 Å². The van der Waals surface area contributed by atoms with Gasteiger partial charge in [0.15, 0.2) is 0 Å². The predicted octanol–water partition coefficient (Wildman–Crippen LogP) is 0.152. The van der Waals surface area contributed by atoms with Gasteiger partial charge in [-0.3, -0.25) is 0 Å². The molecule has 34 valence electrons. The zero-order valence-electron chi connectivity index (χ0n) is 2.21. The van der Waals surface area contributed by atoms with Gasteiger partial charge in [-0.15, -0.1) is 17.0 Å². The van der Waals surface area contributed by atoms with Crippen molar-refractivity contribution < 1.29 is 15.0 Å². The van der Waals surface area contributed by atoms with E-state index >= 15 is 0 Å². The van der Waals surface area contributed by atoms with E-state index in [0.717, 1.165) is 0 Å². The van der Waals surface area contributed by atoms with Crippen LogP contribution in [-0.2, 0) is 0 Å². The van der Waals surface area contributed by atoms with E-state index in [4.69, 9.17) is 15.0 Å². The van der Waals surface area contributed by atoms with Crippen molar-refractivity contribution in [1.29, 1.82) is 0 Å². The van der Waals surface area contributed by atoms with Crippen molar-refractivity contribution in [1.82, 2.24) is 0 Å². The van der Waals surface area contributed by atoms with Crippen molar-refractivity contribution in [2.75, 3.05) is 0 Å². The van der Waals surface area contributed by atoms with Gasteiger partial charge < -0.3 is 10.2 Å². The fourth-order valence-corrected chi connectivity index (χ4v) is 0. The Morgan fingerprint density at radius 1 is 1.33 bits per heavy atom. The van der Waals surface area contributed by atoms with Gasteiger partial charge in [-0.2, -0.15) is 0 Å². The molecule has 0 rings (SSSR count). The normalized spacial score (nSPS) is 4.00. The van der Waals surface area contributed by atoms with E-state index in [1.165, 1.54) is 0 Å². The molecule has 0 heterocycles. The summed E-state index contributed by atoms with van der Waals surface area (Å²) in [6.07, 6.45) is -1.83. The quantitative estimate of drug-likeness (QED) is 0.525. The minimum absolute atomic E-state index is 0. The summed E-state index contributed by atoms with van der Waals surface area (Å²) in [7, 11) is 0. The Bertz CT molecular complexity index is 33.8. The zero-order valence-corrected chi connectivity index (χ0v) is 3.92. The molecule has 0 radical (unpaired) electrons. The van der Waals surface area contributed by atoms with E-state index in [0.29, 0.717) is 0 Å². The molecule has 0 aromatic heterocycles. The van der Waals surface area contributed by atoms with Gasteiger partial charge >= 0.3 is 57.5 Å². The van der Waals surface area contributed by atoms with Crippen LogP contribution in [0.2, 0.25) is 0 Å². The van der Waals surface area contributed by atoms with Crippen molar-refractivity contribution in [3.05, 3.63) is 0 Å². The molecule has 0 aromatic carbocycles. The SMILES string of the molecule is Br.O=C(O)O.[KH]. The van der Waals surface area contributed by atoms with Gasteiger partial charge in [0.1, 0.15) is 0 Å². The summed E-state index contributed by atoms with van der Waals surface area (Å²) in [5.74, 6) is 0. The van der Waals surface area contributed by atoms with E-state index < -0.39 is 6.16 Å². The molecule has 0 atom stereocenters. The molecule has 0 saturated heterocycles. The number of carbonyl (C=O) groups is 1. The molecule has 0 unspecified atom stereocenters. The molecule has 0 amide bonds. The Labute approximate surface area is 87.9 Å². The second-order valence-electron chi connectivity index (χ2n) is 0.283. The number of hydrogen-bond donors (Lipinski definition) is 2. The molecule has 0 saturated carbocycles. The maximum atomic E-state index is 8.56. The molecule has 2 N–H and O–H groups in total. The molecule has 0 bridgehead atoms. The van der Waals surface area contributed by atoms with Crippen LogP contribution in [0.1, 0.15) is 0 Å². The molecule has 0 aliphatic rings. The second kappa shape index (κ2) is 9.63. The van der Waals surface area contributed by atoms with Crippen molar-refractivity contribution in [3.8, 4) is 0 Å². The van der Waals surface area contributed by atoms with Gasteiger partial charge in [0.05, 0.1) is 0 Å². The zero-order chi connectivity index (χ0) is 3.58. The van der Waals surface area contributed by atoms with E-state index in [2.05, 4.69) is 0 Å². The fourth-order valence-electron chi connectivity index (χ4n) is 0. The first-order chi connectivity index (χ1) is 1.73. The molecule has 3 nitrogen and oxygen atoms in total. The molecule has 6 heavy (non-hydrogen) atoms. The molecule has 0 fully saturated rings. The van der Waals surface area contributed by atoms with Crippen LogP contribution >= 0.6 is 17.0 Å². The number of hydrogen-bond acceptors (Lipinski definition) is 1. The van der Waals surface area contributed by atoms with Crippen LogP contribution in [-0.4, -0.2) is 67.8 Å². The van der Waals surface area contributed by atoms with Gasteiger partial charge in [-0.1, -0.05) is 0 Å². The van der Waals surface area contributed by atoms with Crippen LogP contribution in [0.25, 0.3) is 0 Å². The minimum atomic E-state index is -1.83. The summed E-state index contributed by atoms with van der Waals surface area (Å²) in [5, 5.41) is 13.9. The first kappa shape index (κ1) is 15.7. The standard InChI is InChI=1S/CH2O3.BrH.K.H/c2-1(3)4;;;/h(H2,2,3,4);1H;;. The Hall–Kier alpha value is 1.39. The molecule has 5 heteroatoms.